The number of carboxylic acid groups (broad SMARTS) is 1. The Balaban J connectivity index is 2.65. The van der Waals surface area contributed by atoms with Gasteiger partial charge in [-0.1, -0.05) is 35.0 Å². The first-order valence-electron chi connectivity index (χ1n) is 5.57. The molecule has 0 heterocycles. The summed E-state index contributed by atoms with van der Waals surface area (Å²) in [6.45, 7) is 5.12. The zero-order valence-electron chi connectivity index (χ0n) is 10.4. The third-order valence-electron chi connectivity index (χ3n) is 2.83. The van der Waals surface area contributed by atoms with Crippen LogP contribution >= 0.6 is 15.9 Å². The summed E-state index contributed by atoms with van der Waals surface area (Å²) in [5, 5.41) is 8.86. The van der Waals surface area contributed by atoms with E-state index in [-0.39, 0.29) is 5.92 Å². The van der Waals surface area contributed by atoms with E-state index >= 15 is 0 Å². The summed E-state index contributed by atoms with van der Waals surface area (Å²) in [5.74, 6) is -1.09. The maximum absolute atomic E-state index is 10.8. The molecule has 0 fully saturated rings. The van der Waals surface area contributed by atoms with E-state index in [0.29, 0.717) is 6.54 Å². The Morgan fingerprint density at radius 3 is 2.76 bits per heavy atom. The van der Waals surface area contributed by atoms with Crippen LogP contribution in [0.3, 0.4) is 0 Å². The van der Waals surface area contributed by atoms with Gasteiger partial charge in [0.25, 0.3) is 0 Å². The minimum Gasteiger partial charge on any atom is -0.481 e. The van der Waals surface area contributed by atoms with Crippen molar-refractivity contribution in [3.05, 3.63) is 33.8 Å². The standard InChI is InChI=1S/C13H18BrNO2/c1-9(13(16)17)7-15(3)8-11-5-4-6-12(14)10(11)2/h4-6,9H,7-8H2,1-3H3,(H,16,17). The Hall–Kier alpha value is -0.870. The maximum Gasteiger partial charge on any atom is 0.307 e. The van der Waals surface area contributed by atoms with Crippen LogP contribution in [0, 0.1) is 12.8 Å². The normalized spacial score (nSPS) is 12.8. The largest absolute Gasteiger partial charge is 0.481 e. The summed E-state index contributed by atoms with van der Waals surface area (Å²) in [6.07, 6.45) is 0. The predicted octanol–water partition coefficient (Wildman–Crippen LogP) is 2.91. The Morgan fingerprint density at radius 2 is 2.18 bits per heavy atom. The fraction of sp³-hybridized carbons (Fsp3) is 0.462. The molecule has 0 bridgehead atoms. The Kier molecular flexibility index (Phi) is 5.15. The molecule has 0 radical (unpaired) electrons. The third-order valence-corrected chi connectivity index (χ3v) is 3.69. The number of carbonyl (C=O) groups is 1. The van der Waals surface area contributed by atoms with E-state index in [2.05, 4.69) is 28.9 Å². The monoisotopic (exact) mass is 299 g/mol. The first-order valence-corrected chi connectivity index (χ1v) is 6.36. The van der Waals surface area contributed by atoms with E-state index in [0.717, 1.165) is 11.0 Å². The first-order chi connectivity index (χ1) is 7.91. The number of hydrogen-bond acceptors (Lipinski definition) is 2. The molecule has 1 atom stereocenters. The number of aliphatic carboxylic acids is 1. The van der Waals surface area contributed by atoms with Gasteiger partial charge in [-0.05, 0) is 31.2 Å². The van der Waals surface area contributed by atoms with Crippen LogP contribution in [0.15, 0.2) is 22.7 Å². The molecule has 1 unspecified atom stereocenters. The van der Waals surface area contributed by atoms with Crippen molar-refractivity contribution in [3.63, 3.8) is 0 Å². The van der Waals surface area contributed by atoms with Gasteiger partial charge >= 0.3 is 5.97 Å². The molecule has 94 valence electrons. The maximum atomic E-state index is 10.8. The van der Waals surface area contributed by atoms with Gasteiger partial charge in [0.15, 0.2) is 0 Å². The lowest BCUT2D eigenvalue weighted by Gasteiger charge is -2.20. The fourth-order valence-electron chi connectivity index (χ4n) is 1.72. The molecule has 0 saturated heterocycles. The van der Waals surface area contributed by atoms with E-state index in [9.17, 15) is 4.79 Å². The van der Waals surface area contributed by atoms with E-state index in [4.69, 9.17) is 5.11 Å². The average molecular weight is 300 g/mol. The molecule has 0 spiro atoms. The Morgan fingerprint density at radius 1 is 1.53 bits per heavy atom. The van der Waals surface area contributed by atoms with Gasteiger partial charge < -0.3 is 10.0 Å². The highest BCUT2D eigenvalue weighted by molar-refractivity contribution is 9.10. The highest BCUT2D eigenvalue weighted by atomic mass is 79.9. The van der Waals surface area contributed by atoms with Crippen molar-refractivity contribution >= 4 is 21.9 Å². The molecular weight excluding hydrogens is 282 g/mol. The summed E-state index contributed by atoms with van der Waals surface area (Å²) in [7, 11) is 1.94. The van der Waals surface area contributed by atoms with Crippen LogP contribution in [0.5, 0.6) is 0 Å². The van der Waals surface area contributed by atoms with Crippen LogP contribution in [0.25, 0.3) is 0 Å². The molecule has 4 heteroatoms. The van der Waals surface area contributed by atoms with Crippen LogP contribution in [-0.4, -0.2) is 29.6 Å². The number of hydrogen-bond donors (Lipinski definition) is 1. The van der Waals surface area contributed by atoms with Gasteiger partial charge in [0.2, 0.25) is 0 Å². The highest BCUT2D eigenvalue weighted by Gasteiger charge is 2.14. The number of halogens is 1. The molecule has 0 aliphatic heterocycles. The van der Waals surface area contributed by atoms with Gasteiger partial charge in [-0.25, -0.2) is 0 Å². The molecule has 0 aliphatic rings. The number of rotatable bonds is 5. The molecule has 0 amide bonds. The summed E-state index contributed by atoms with van der Waals surface area (Å²) < 4.78 is 1.09. The Labute approximate surface area is 111 Å². The Bertz CT molecular complexity index is 406. The molecule has 17 heavy (non-hydrogen) atoms. The smallest absolute Gasteiger partial charge is 0.307 e. The van der Waals surface area contributed by atoms with Crippen LogP contribution < -0.4 is 0 Å². The van der Waals surface area contributed by atoms with Crippen LogP contribution in [0.1, 0.15) is 18.1 Å². The van der Waals surface area contributed by atoms with Crippen LogP contribution in [0.4, 0.5) is 0 Å². The van der Waals surface area contributed by atoms with Crippen molar-refractivity contribution in [2.75, 3.05) is 13.6 Å². The zero-order chi connectivity index (χ0) is 13.0. The number of benzene rings is 1. The number of carboxylic acids is 1. The molecule has 0 saturated carbocycles. The molecule has 1 rings (SSSR count). The van der Waals surface area contributed by atoms with Gasteiger partial charge in [0, 0.05) is 17.6 Å². The highest BCUT2D eigenvalue weighted by Crippen LogP contribution is 2.20. The lowest BCUT2D eigenvalue weighted by atomic mass is 10.1. The summed E-state index contributed by atoms with van der Waals surface area (Å²) >= 11 is 3.50. The lowest BCUT2D eigenvalue weighted by molar-refractivity contribution is -0.141. The summed E-state index contributed by atoms with van der Waals surface area (Å²) in [5.41, 5.74) is 2.43. The van der Waals surface area contributed by atoms with Crippen molar-refractivity contribution in [2.45, 2.75) is 20.4 Å². The predicted molar refractivity (Wildman–Crippen MR) is 72.0 cm³/mol. The van der Waals surface area contributed by atoms with E-state index in [1.54, 1.807) is 6.92 Å². The van der Waals surface area contributed by atoms with E-state index in [1.165, 1.54) is 11.1 Å². The second-order valence-electron chi connectivity index (χ2n) is 4.46. The number of nitrogens with zero attached hydrogens (tertiary/aromatic N) is 1. The fourth-order valence-corrected chi connectivity index (χ4v) is 2.13. The molecule has 3 nitrogen and oxygen atoms in total. The molecule has 0 aromatic heterocycles. The van der Waals surface area contributed by atoms with Crippen LogP contribution in [-0.2, 0) is 11.3 Å². The quantitative estimate of drug-likeness (QED) is 0.909. The molecular formula is C13H18BrNO2. The summed E-state index contributed by atoms with van der Waals surface area (Å²) in [4.78, 5) is 12.8. The third kappa shape index (κ3) is 4.13. The van der Waals surface area contributed by atoms with Gasteiger partial charge in [-0.2, -0.15) is 0 Å². The van der Waals surface area contributed by atoms with Crippen molar-refractivity contribution < 1.29 is 9.90 Å². The molecule has 1 aromatic carbocycles. The zero-order valence-corrected chi connectivity index (χ0v) is 12.0. The molecule has 1 aromatic rings. The van der Waals surface area contributed by atoms with Gasteiger partial charge in [-0.15, -0.1) is 0 Å². The van der Waals surface area contributed by atoms with Crippen molar-refractivity contribution in [1.29, 1.82) is 0 Å². The minimum atomic E-state index is -0.747. The SMILES string of the molecule is Cc1c(Br)cccc1CN(C)CC(C)C(=O)O. The molecule has 1 N–H and O–H groups in total. The lowest BCUT2D eigenvalue weighted by Crippen LogP contribution is -2.28. The van der Waals surface area contributed by atoms with Gasteiger partial charge in [-0.3, -0.25) is 4.79 Å². The van der Waals surface area contributed by atoms with Crippen molar-refractivity contribution in [3.8, 4) is 0 Å². The first kappa shape index (κ1) is 14.2. The second-order valence-corrected chi connectivity index (χ2v) is 5.31. The molecule has 0 aliphatic carbocycles. The van der Waals surface area contributed by atoms with E-state index in [1.807, 2.05) is 24.1 Å². The minimum absolute atomic E-state index is 0.340. The van der Waals surface area contributed by atoms with E-state index < -0.39 is 5.97 Å². The summed E-state index contributed by atoms with van der Waals surface area (Å²) in [6, 6.07) is 6.08. The van der Waals surface area contributed by atoms with Crippen molar-refractivity contribution in [2.24, 2.45) is 5.92 Å². The van der Waals surface area contributed by atoms with Crippen LogP contribution in [0.2, 0.25) is 0 Å². The second kappa shape index (κ2) is 6.17. The van der Waals surface area contributed by atoms with Gasteiger partial charge in [0.1, 0.15) is 0 Å². The average Bonchev–Trinajstić information content (AvgIpc) is 2.24. The topological polar surface area (TPSA) is 40.5 Å². The van der Waals surface area contributed by atoms with Crippen molar-refractivity contribution in [1.82, 2.24) is 4.90 Å². The van der Waals surface area contributed by atoms with Gasteiger partial charge in [0.05, 0.1) is 5.92 Å².